The number of nitrogens with zero attached hydrogens (tertiary/aromatic N) is 1. The van der Waals surface area contributed by atoms with Crippen molar-refractivity contribution in [3.8, 4) is 0 Å². The molecule has 1 aliphatic carbocycles. The predicted molar refractivity (Wildman–Crippen MR) is 72.6 cm³/mol. The van der Waals surface area contributed by atoms with Crippen molar-refractivity contribution in [1.29, 1.82) is 0 Å². The third-order valence-corrected chi connectivity index (χ3v) is 3.59. The molecule has 1 heterocycles. The third-order valence-electron chi connectivity index (χ3n) is 3.59. The number of anilines is 1. The molecule has 2 atom stereocenters. The Hall–Kier alpha value is -1.58. The molecular weight excluding hydrogens is 226 g/mol. The van der Waals surface area contributed by atoms with Crippen molar-refractivity contribution in [2.24, 2.45) is 11.8 Å². The average Bonchev–Trinajstić information content (AvgIpc) is 2.82. The second-order valence-corrected chi connectivity index (χ2v) is 5.15. The van der Waals surface area contributed by atoms with Gasteiger partial charge in [0.2, 0.25) is 0 Å². The number of nitrogens with one attached hydrogen (secondary N) is 2. The quantitative estimate of drug-likeness (QED) is 0.858. The molecule has 2 rings (SSSR count). The first-order valence-corrected chi connectivity index (χ1v) is 6.62. The highest BCUT2D eigenvalue weighted by molar-refractivity contribution is 5.92. The normalized spacial score (nSPS) is 22.8. The summed E-state index contributed by atoms with van der Waals surface area (Å²) in [7, 11) is 1.80. The second-order valence-electron chi connectivity index (χ2n) is 5.15. The van der Waals surface area contributed by atoms with Crippen LogP contribution in [0.4, 0.5) is 5.82 Å². The number of carbonyl (C=O) groups is 1. The van der Waals surface area contributed by atoms with Crippen molar-refractivity contribution in [3.05, 3.63) is 23.9 Å². The van der Waals surface area contributed by atoms with Gasteiger partial charge in [0.1, 0.15) is 11.5 Å². The van der Waals surface area contributed by atoms with Gasteiger partial charge >= 0.3 is 0 Å². The van der Waals surface area contributed by atoms with Crippen molar-refractivity contribution in [2.75, 3.05) is 18.9 Å². The van der Waals surface area contributed by atoms with E-state index in [4.69, 9.17) is 0 Å². The Morgan fingerprint density at radius 3 is 2.94 bits per heavy atom. The Morgan fingerprint density at radius 1 is 1.44 bits per heavy atom. The van der Waals surface area contributed by atoms with Crippen LogP contribution in [0.15, 0.2) is 18.2 Å². The Balaban J connectivity index is 1.87. The molecule has 4 heteroatoms. The van der Waals surface area contributed by atoms with Gasteiger partial charge in [-0.3, -0.25) is 4.79 Å². The van der Waals surface area contributed by atoms with Gasteiger partial charge in [-0.25, -0.2) is 4.98 Å². The highest BCUT2D eigenvalue weighted by Crippen LogP contribution is 2.29. The van der Waals surface area contributed by atoms with Crippen LogP contribution in [0.3, 0.4) is 0 Å². The lowest BCUT2D eigenvalue weighted by Crippen LogP contribution is -2.29. The first kappa shape index (κ1) is 12.9. The van der Waals surface area contributed by atoms with Crippen molar-refractivity contribution in [3.63, 3.8) is 0 Å². The molecule has 0 aliphatic heterocycles. The fourth-order valence-electron chi connectivity index (χ4n) is 2.54. The number of rotatable bonds is 4. The van der Waals surface area contributed by atoms with E-state index < -0.39 is 0 Å². The van der Waals surface area contributed by atoms with Crippen LogP contribution in [0.5, 0.6) is 0 Å². The zero-order chi connectivity index (χ0) is 13.0. The van der Waals surface area contributed by atoms with Gasteiger partial charge in [-0.05, 0) is 36.8 Å². The van der Waals surface area contributed by atoms with Crippen molar-refractivity contribution >= 4 is 11.7 Å². The lowest BCUT2D eigenvalue weighted by molar-refractivity contribution is 0.0942. The van der Waals surface area contributed by atoms with Crippen LogP contribution >= 0.6 is 0 Å². The molecule has 0 saturated heterocycles. The summed E-state index contributed by atoms with van der Waals surface area (Å²) < 4.78 is 0. The number of hydrogen-bond acceptors (Lipinski definition) is 3. The first-order valence-electron chi connectivity index (χ1n) is 6.62. The molecule has 98 valence electrons. The predicted octanol–water partition coefficient (Wildman–Crippen LogP) is 2.29. The fourth-order valence-corrected chi connectivity index (χ4v) is 2.54. The largest absolute Gasteiger partial charge is 0.373 e. The Morgan fingerprint density at radius 2 is 2.28 bits per heavy atom. The molecule has 1 amide bonds. The first-order chi connectivity index (χ1) is 8.69. The van der Waals surface area contributed by atoms with Crippen LogP contribution in [0.1, 0.15) is 36.7 Å². The molecule has 4 nitrogen and oxygen atoms in total. The number of aromatic nitrogens is 1. The van der Waals surface area contributed by atoms with E-state index in [1.807, 2.05) is 12.1 Å². The minimum atomic E-state index is -0.0772. The van der Waals surface area contributed by atoms with Gasteiger partial charge < -0.3 is 10.6 Å². The Labute approximate surface area is 108 Å². The summed E-state index contributed by atoms with van der Waals surface area (Å²) in [6.07, 6.45) is 3.74. The molecule has 0 bridgehead atoms. The minimum Gasteiger partial charge on any atom is -0.373 e. The smallest absolute Gasteiger partial charge is 0.269 e. The van der Waals surface area contributed by atoms with Gasteiger partial charge in [-0.2, -0.15) is 0 Å². The zero-order valence-corrected chi connectivity index (χ0v) is 11.1. The summed E-state index contributed by atoms with van der Waals surface area (Å²) in [6.45, 7) is 3.05. The molecule has 1 aromatic rings. The summed E-state index contributed by atoms with van der Waals surface area (Å²) in [5, 5.41) is 5.92. The Kier molecular flexibility index (Phi) is 4.18. The van der Waals surface area contributed by atoms with E-state index in [1.54, 1.807) is 13.1 Å². The molecule has 0 radical (unpaired) electrons. The summed E-state index contributed by atoms with van der Waals surface area (Å²) >= 11 is 0. The topological polar surface area (TPSA) is 54.0 Å². The maximum absolute atomic E-state index is 11.9. The second kappa shape index (κ2) is 5.85. The average molecular weight is 247 g/mol. The lowest BCUT2D eigenvalue weighted by atomic mass is 10.1. The van der Waals surface area contributed by atoms with Crippen molar-refractivity contribution < 1.29 is 4.79 Å². The highest BCUT2D eigenvalue weighted by Gasteiger charge is 2.21. The monoisotopic (exact) mass is 247 g/mol. The molecule has 1 aliphatic rings. The lowest BCUT2D eigenvalue weighted by Gasteiger charge is -2.11. The summed E-state index contributed by atoms with van der Waals surface area (Å²) in [4.78, 5) is 16.2. The van der Waals surface area contributed by atoms with Gasteiger partial charge in [-0.1, -0.05) is 19.4 Å². The number of pyridine rings is 1. The van der Waals surface area contributed by atoms with Crippen LogP contribution in [-0.4, -0.2) is 24.5 Å². The van der Waals surface area contributed by atoms with Crippen molar-refractivity contribution in [1.82, 2.24) is 10.3 Å². The maximum Gasteiger partial charge on any atom is 0.269 e. The summed E-state index contributed by atoms with van der Waals surface area (Å²) in [5.74, 6) is 2.08. The molecule has 0 aromatic carbocycles. The van der Waals surface area contributed by atoms with E-state index in [-0.39, 0.29) is 5.91 Å². The number of amides is 1. The maximum atomic E-state index is 11.9. The SMILES string of the molecule is CNc1cccc(C(=O)NCC2CCC(C)C2)n1. The van der Waals surface area contributed by atoms with Crippen LogP contribution in [-0.2, 0) is 0 Å². The molecule has 1 saturated carbocycles. The van der Waals surface area contributed by atoms with E-state index in [1.165, 1.54) is 19.3 Å². The third kappa shape index (κ3) is 3.22. The van der Waals surface area contributed by atoms with E-state index in [9.17, 15) is 4.79 Å². The molecule has 1 fully saturated rings. The summed E-state index contributed by atoms with van der Waals surface area (Å²) in [5.41, 5.74) is 0.480. The van der Waals surface area contributed by atoms with Gasteiger partial charge in [-0.15, -0.1) is 0 Å². The van der Waals surface area contributed by atoms with Gasteiger partial charge in [0.15, 0.2) is 0 Å². The van der Waals surface area contributed by atoms with Gasteiger partial charge in [0.05, 0.1) is 0 Å². The fraction of sp³-hybridized carbons (Fsp3) is 0.571. The Bertz CT molecular complexity index is 419. The highest BCUT2D eigenvalue weighted by atomic mass is 16.1. The molecule has 2 N–H and O–H groups in total. The zero-order valence-electron chi connectivity index (χ0n) is 11.1. The molecular formula is C14H21N3O. The van der Waals surface area contributed by atoms with Crippen LogP contribution in [0.25, 0.3) is 0 Å². The minimum absolute atomic E-state index is 0.0772. The molecule has 0 spiro atoms. The summed E-state index contributed by atoms with van der Waals surface area (Å²) in [6, 6.07) is 5.42. The number of carbonyl (C=O) groups excluding carboxylic acids is 1. The molecule has 1 aromatic heterocycles. The van der Waals surface area contributed by atoms with Crippen LogP contribution < -0.4 is 10.6 Å². The van der Waals surface area contributed by atoms with E-state index in [0.29, 0.717) is 11.6 Å². The van der Waals surface area contributed by atoms with E-state index >= 15 is 0 Å². The van der Waals surface area contributed by atoms with Crippen LogP contribution in [0.2, 0.25) is 0 Å². The molecule has 18 heavy (non-hydrogen) atoms. The van der Waals surface area contributed by atoms with Crippen LogP contribution in [0, 0.1) is 11.8 Å². The van der Waals surface area contributed by atoms with Crippen molar-refractivity contribution in [2.45, 2.75) is 26.2 Å². The standard InChI is InChI=1S/C14H21N3O/c1-10-6-7-11(8-10)9-16-14(18)12-4-3-5-13(15-2)17-12/h3-5,10-11H,6-9H2,1-2H3,(H,15,17)(H,16,18). The van der Waals surface area contributed by atoms with E-state index in [2.05, 4.69) is 22.5 Å². The number of hydrogen-bond donors (Lipinski definition) is 2. The molecule has 2 unspecified atom stereocenters. The van der Waals surface area contributed by atoms with Gasteiger partial charge in [0.25, 0.3) is 5.91 Å². The van der Waals surface area contributed by atoms with Gasteiger partial charge in [0, 0.05) is 13.6 Å². The van der Waals surface area contributed by atoms with E-state index in [0.717, 1.165) is 18.3 Å².